The lowest BCUT2D eigenvalue weighted by atomic mass is 10.0. The van der Waals surface area contributed by atoms with Crippen LogP contribution in [0.2, 0.25) is 0 Å². The monoisotopic (exact) mass is 369 g/mol. The maximum absolute atomic E-state index is 12.9. The fourth-order valence-electron chi connectivity index (χ4n) is 2.45. The van der Waals surface area contributed by atoms with E-state index in [1.165, 1.54) is 6.92 Å². The average Bonchev–Trinajstić information content (AvgIpc) is 2.85. The molecule has 1 heterocycles. The zero-order chi connectivity index (χ0) is 19.7. The summed E-state index contributed by atoms with van der Waals surface area (Å²) in [6.07, 6.45) is -5.03. The third-order valence-corrected chi connectivity index (χ3v) is 3.53. The quantitative estimate of drug-likeness (QED) is 0.821. The molecule has 0 unspecified atom stereocenters. The number of aryl methyl sites for hydroxylation is 2. The lowest BCUT2D eigenvalue weighted by Gasteiger charge is -2.19. The Morgan fingerprint density at radius 1 is 1.23 bits per heavy atom. The Labute approximate surface area is 150 Å². The SMILES string of the molecule is Cc1cc(CNC(=O)OC(C)(C)C)ccc1-c1nc(C(F)(F)F)c(C)[nH]1. The van der Waals surface area contributed by atoms with Crippen LogP contribution in [0.15, 0.2) is 18.2 Å². The molecule has 1 aromatic carbocycles. The highest BCUT2D eigenvalue weighted by Gasteiger charge is 2.36. The summed E-state index contributed by atoms with van der Waals surface area (Å²) in [7, 11) is 0. The number of alkyl carbamates (subject to hydrolysis) is 1. The fourth-order valence-corrected chi connectivity index (χ4v) is 2.45. The molecular weight excluding hydrogens is 347 g/mol. The molecule has 0 fully saturated rings. The number of imidazole rings is 1. The molecular formula is C18H22F3N3O2. The molecule has 8 heteroatoms. The van der Waals surface area contributed by atoms with Gasteiger partial charge < -0.3 is 15.0 Å². The second kappa shape index (κ2) is 7.01. The van der Waals surface area contributed by atoms with Gasteiger partial charge in [-0.15, -0.1) is 0 Å². The second-order valence-corrected chi connectivity index (χ2v) is 7.06. The minimum absolute atomic E-state index is 0.0254. The van der Waals surface area contributed by atoms with Crippen molar-refractivity contribution in [2.75, 3.05) is 0 Å². The summed E-state index contributed by atoms with van der Waals surface area (Å²) in [6.45, 7) is 8.68. The Morgan fingerprint density at radius 3 is 2.38 bits per heavy atom. The van der Waals surface area contributed by atoms with Crippen molar-refractivity contribution >= 4 is 6.09 Å². The van der Waals surface area contributed by atoms with Crippen molar-refractivity contribution in [2.45, 2.75) is 52.9 Å². The molecule has 0 spiro atoms. The van der Waals surface area contributed by atoms with E-state index in [1.54, 1.807) is 45.9 Å². The van der Waals surface area contributed by atoms with Crippen LogP contribution >= 0.6 is 0 Å². The number of ether oxygens (including phenoxy) is 1. The molecule has 2 rings (SSSR count). The molecule has 0 atom stereocenters. The average molecular weight is 369 g/mol. The third kappa shape index (κ3) is 5.00. The highest BCUT2D eigenvalue weighted by molar-refractivity contribution is 5.68. The standard InChI is InChI=1S/C18H22F3N3O2/c1-10-8-12(9-22-16(25)26-17(3,4)5)6-7-13(10)15-23-11(2)14(24-15)18(19,20)21/h6-8H,9H2,1-5H3,(H,22,25)(H,23,24). The van der Waals surface area contributed by atoms with Crippen LogP contribution in [0.4, 0.5) is 18.0 Å². The topological polar surface area (TPSA) is 67.0 Å². The first-order chi connectivity index (χ1) is 11.9. The summed E-state index contributed by atoms with van der Waals surface area (Å²) in [5, 5.41) is 2.64. The minimum atomic E-state index is -4.50. The van der Waals surface area contributed by atoms with Gasteiger partial charge in [-0.2, -0.15) is 13.2 Å². The lowest BCUT2D eigenvalue weighted by molar-refractivity contribution is -0.141. The van der Waals surface area contributed by atoms with Gasteiger partial charge in [0, 0.05) is 17.8 Å². The third-order valence-electron chi connectivity index (χ3n) is 3.53. The first-order valence-electron chi connectivity index (χ1n) is 8.07. The van der Waals surface area contributed by atoms with Gasteiger partial charge in [0.05, 0.1) is 0 Å². The van der Waals surface area contributed by atoms with E-state index < -0.39 is 23.6 Å². The van der Waals surface area contributed by atoms with Crippen LogP contribution in [0.3, 0.4) is 0 Å². The highest BCUT2D eigenvalue weighted by atomic mass is 19.4. The molecule has 0 saturated carbocycles. The molecule has 1 aromatic heterocycles. The van der Waals surface area contributed by atoms with E-state index in [0.29, 0.717) is 5.56 Å². The van der Waals surface area contributed by atoms with Gasteiger partial charge in [0.15, 0.2) is 5.69 Å². The number of nitrogens with one attached hydrogen (secondary N) is 2. The largest absolute Gasteiger partial charge is 0.444 e. The molecule has 0 saturated heterocycles. The van der Waals surface area contributed by atoms with Crippen molar-refractivity contribution in [3.05, 3.63) is 40.7 Å². The van der Waals surface area contributed by atoms with Crippen LogP contribution in [0.5, 0.6) is 0 Å². The van der Waals surface area contributed by atoms with Crippen molar-refractivity contribution in [3.63, 3.8) is 0 Å². The predicted octanol–water partition coefficient (Wildman–Crippen LogP) is 4.74. The fraction of sp³-hybridized carbons (Fsp3) is 0.444. The maximum Gasteiger partial charge on any atom is 0.435 e. The van der Waals surface area contributed by atoms with E-state index in [0.717, 1.165) is 11.1 Å². The predicted molar refractivity (Wildman–Crippen MR) is 91.6 cm³/mol. The minimum Gasteiger partial charge on any atom is -0.444 e. The van der Waals surface area contributed by atoms with Gasteiger partial charge in [-0.3, -0.25) is 0 Å². The highest BCUT2D eigenvalue weighted by Crippen LogP contribution is 2.32. The van der Waals surface area contributed by atoms with Crippen molar-refractivity contribution in [1.29, 1.82) is 0 Å². The van der Waals surface area contributed by atoms with Gasteiger partial charge >= 0.3 is 12.3 Å². The van der Waals surface area contributed by atoms with Crippen LogP contribution in [0.25, 0.3) is 11.4 Å². The second-order valence-electron chi connectivity index (χ2n) is 7.06. The summed E-state index contributed by atoms with van der Waals surface area (Å²) >= 11 is 0. The summed E-state index contributed by atoms with van der Waals surface area (Å²) in [6, 6.07) is 5.20. The van der Waals surface area contributed by atoms with Crippen molar-refractivity contribution in [3.8, 4) is 11.4 Å². The van der Waals surface area contributed by atoms with Crippen LogP contribution < -0.4 is 5.32 Å². The van der Waals surface area contributed by atoms with Crippen LogP contribution in [-0.2, 0) is 17.5 Å². The number of aromatic amines is 1. The number of hydrogen-bond donors (Lipinski definition) is 2. The Hall–Kier alpha value is -2.51. The Morgan fingerprint density at radius 2 is 1.88 bits per heavy atom. The molecule has 0 aliphatic rings. The van der Waals surface area contributed by atoms with Crippen molar-refractivity contribution in [1.82, 2.24) is 15.3 Å². The summed E-state index contributed by atoms with van der Waals surface area (Å²) in [5.74, 6) is 0.166. The number of amides is 1. The van der Waals surface area contributed by atoms with Crippen LogP contribution in [0.1, 0.15) is 43.3 Å². The van der Waals surface area contributed by atoms with Crippen LogP contribution in [-0.4, -0.2) is 21.7 Å². The number of benzene rings is 1. The van der Waals surface area contributed by atoms with Gasteiger partial charge in [0.25, 0.3) is 0 Å². The summed E-state index contributed by atoms with van der Waals surface area (Å²) < 4.78 is 43.9. The number of aromatic nitrogens is 2. The summed E-state index contributed by atoms with van der Waals surface area (Å²) in [5.41, 5.74) is 0.596. The number of nitrogens with zero attached hydrogens (tertiary/aromatic N) is 1. The van der Waals surface area contributed by atoms with Crippen molar-refractivity contribution < 1.29 is 22.7 Å². The Kier molecular flexibility index (Phi) is 5.34. The van der Waals surface area contributed by atoms with E-state index in [1.807, 2.05) is 0 Å². The van der Waals surface area contributed by atoms with Gasteiger partial charge in [-0.25, -0.2) is 9.78 Å². The van der Waals surface area contributed by atoms with Gasteiger partial charge in [0.1, 0.15) is 11.4 Å². The normalized spacial score (nSPS) is 12.2. The van der Waals surface area contributed by atoms with Gasteiger partial charge in [-0.05, 0) is 45.7 Å². The molecule has 5 nitrogen and oxygen atoms in total. The number of halogens is 3. The number of carbonyl (C=O) groups excluding carboxylic acids is 1. The maximum atomic E-state index is 12.9. The molecule has 1 amide bonds. The van der Waals surface area contributed by atoms with Gasteiger partial charge in [-0.1, -0.05) is 18.2 Å². The summed E-state index contributed by atoms with van der Waals surface area (Å²) in [4.78, 5) is 18.1. The number of rotatable bonds is 3. The zero-order valence-electron chi connectivity index (χ0n) is 15.3. The Balaban J connectivity index is 2.14. The number of hydrogen-bond acceptors (Lipinski definition) is 3. The van der Waals surface area contributed by atoms with Crippen molar-refractivity contribution in [2.24, 2.45) is 0 Å². The molecule has 2 N–H and O–H groups in total. The molecule has 0 radical (unpaired) electrons. The van der Waals surface area contributed by atoms with Crippen LogP contribution in [0, 0.1) is 13.8 Å². The molecule has 0 bridgehead atoms. The molecule has 0 aliphatic carbocycles. The molecule has 2 aromatic rings. The molecule has 26 heavy (non-hydrogen) atoms. The number of alkyl halides is 3. The van der Waals surface area contributed by atoms with E-state index in [-0.39, 0.29) is 18.1 Å². The van der Waals surface area contributed by atoms with E-state index in [2.05, 4.69) is 15.3 Å². The molecule has 142 valence electrons. The first kappa shape index (κ1) is 19.8. The smallest absolute Gasteiger partial charge is 0.435 e. The number of carbonyl (C=O) groups is 1. The molecule has 0 aliphatic heterocycles. The first-order valence-corrected chi connectivity index (χ1v) is 8.07. The van der Waals surface area contributed by atoms with E-state index in [9.17, 15) is 18.0 Å². The number of H-pyrrole nitrogens is 1. The zero-order valence-corrected chi connectivity index (χ0v) is 15.3. The lowest BCUT2D eigenvalue weighted by Crippen LogP contribution is -2.32. The van der Waals surface area contributed by atoms with E-state index in [4.69, 9.17) is 4.74 Å². The van der Waals surface area contributed by atoms with Gasteiger partial charge in [0.2, 0.25) is 0 Å². The Bertz CT molecular complexity index is 805. The van der Waals surface area contributed by atoms with E-state index >= 15 is 0 Å².